The topological polar surface area (TPSA) is 161 Å². The number of anilines is 2. The van der Waals surface area contributed by atoms with Crippen molar-refractivity contribution in [1.82, 2.24) is 10.6 Å². The number of rotatable bonds is 20. The molecule has 6 rings (SSSR count). The maximum atomic E-state index is 16.7. The van der Waals surface area contributed by atoms with Crippen molar-refractivity contribution < 1.29 is 27.8 Å². The molecule has 1 aliphatic carbocycles. The number of carbonyl (C=O) groups excluding carboxylic acids is 2. The van der Waals surface area contributed by atoms with Crippen molar-refractivity contribution in [2.75, 3.05) is 68.8 Å². The van der Waals surface area contributed by atoms with E-state index in [4.69, 9.17) is 26.7 Å². The molecule has 362 valence electrons. The van der Waals surface area contributed by atoms with E-state index in [0.29, 0.717) is 76.1 Å². The number of nitrogens with one attached hydrogen (secondary N) is 2. The summed E-state index contributed by atoms with van der Waals surface area (Å²) in [4.78, 5) is 29.7. The zero-order valence-electron chi connectivity index (χ0n) is 40.2. The third-order valence-corrected chi connectivity index (χ3v) is 13.4. The van der Waals surface area contributed by atoms with Gasteiger partial charge in [0.25, 0.3) is 0 Å². The largest absolute Gasteiger partial charge is 0.448 e. The fourth-order valence-electron chi connectivity index (χ4n) is 9.53. The van der Waals surface area contributed by atoms with Crippen molar-refractivity contribution in [1.29, 1.82) is 0 Å². The smallest absolute Gasteiger partial charge is 0.407 e. The zero-order chi connectivity index (χ0) is 49.2. The number of ether oxygens (including phenoxy) is 2. The second-order valence-electron chi connectivity index (χ2n) is 18.7. The van der Waals surface area contributed by atoms with E-state index in [1.807, 2.05) is 30.3 Å². The number of amides is 2. The van der Waals surface area contributed by atoms with Crippen molar-refractivity contribution >= 4 is 34.7 Å². The van der Waals surface area contributed by atoms with Crippen LogP contribution < -0.4 is 37.6 Å². The third-order valence-electron chi connectivity index (χ3n) is 13.4. The fraction of sp³-hybridized carbons (Fsp3) is 0.382. The van der Waals surface area contributed by atoms with Crippen molar-refractivity contribution in [2.24, 2.45) is 17.2 Å². The second-order valence-corrected chi connectivity index (χ2v) is 18.7. The first kappa shape index (κ1) is 51.1. The van der Waals surface area contributed by atoms with Gasteiger partial charge in [0.1, 0.15) is 13.2 Å². The first-order valence-electron chi connectivity index (χ1n) is 23.5. The van der Waals surface area contributed by atoms with E-state index in [1.165, 1.54) is 0 Å². The summed E-state index contributed by atoms with van der Waals surface area (Å²) in [5.41, 5.74) is 26.1. The molecule has 0 saturated carbocycles. The molecule has 2 amide bonds. The van der Waals surface area contributed by atoms with Crippen LogP contribution in [0.5, 0.6) is 0 Å². The standard InChI is InChI=1S/C55H69F2N7O4/c1-36(33-58)25-27-61-52(65)67-31-29-63-45-17-10-8-15-43(45)54(4,5)47(63)23-19-39-13-12-14-40(49(39)42-22-21-41(38(3)35-60)50(56)51(42)57)20-24-48-55(6,7)44-16-9-11-18-46(44)64(48)30-32-68-53(66)62-28-26-37(2)34-59/h8-11,15-24,47H,1-3,12-14,25-35,58-60H2,4-7H3,(H,61,65)(H,62,66). The van der Waals surface area contributed by atoms with Gasteiger partial charge < -0.3 is 47.1 Å². The summed E-state index contributed by atoms with van der Waals surface area (Å²) in [7, 11) is 0. The van der Waals surface area contributed by atoms with Crippen LogP contribution in [0.4, 0.5) is 29.7 Å². The second kappa shape index (κ2) is 22.7. The minimum atomic E-state index is -0.990. The lowest BCUT2D eigenvalue weighted by molar-refractivity contribution is 0.148. The van der Waals surface area contributed by atoms with E-state index in [0.717, 1.165) is 56.9 Å². The van der Waals surface area contributed by atoms with Gasteiger partial charge in [-0.05, 0) is 83.7 Å². The van der Waals surface area contributed by atoms with Gasteiger partial charge in [0.2, 0.25) is 0 Å². The van der Waals surface area contributed by atoms with Crippen LogP contribution in [0, 0.1) is 11.6 Å². The fourth-order valence-corrected chi connectivity index (χ4v) is 9.53. The van der Waals surface area contributed by atoms with Gasteiger partial charge in [-0.2, -0.15) is 0 Å². The van der Waals surface area contributed by atoms with E-state index >= 15 is 8.78 Å². The van der Waals surface area contributed by atoms with Crippen LogP contribution >= 0.6 is 0 Å². The van der Waals surface area contributed by atoms with E-state index < -0.39 is 29.2 Å². The summed E-state index contributed by atoms with van der Waals surface area (Å²) in [6.45, 7) is 22.9. The lowest BCUT2D eigenvalue weighted by atomic mass is 9.78. The van der Waals surface area contributed by atoms with E-state index in [1.54, 1.807) is 12.1 Å². The number of benzene rings is 3. The van der Waals surface area contributed by atoms with Crippen LogP contribution in [-0.4, -0.2) is 77.3 Å². The molecule has 13 heteroatoms. The van der Waals surface area contributed by atoms with Crippen molar-refractivity contribution in [3.63, 3.8) is 0 Å². The summed E-state index contributed by atoms with van der Waals surface area (Å²) < 4.78 is 44.1. The van der Waals surface area contributed by atoms with E-state index in [9.17, 15) is 9.59 Å². The Balaban J connectivity index is 1.37. The maximum absolute atomic E-state index is 16.7. The summed E-state index contributed by atoms with van der Waals surface area (Å²) in [5.74, 6) is -1.95. The molecule has 2 heterocycles. The molecule has 68 heavy (non-hydrogen) atoms. The predicted octanol–water partition coefficient (Wildman–Crippen LogP) is 9.47. The van der Waals surface area contributed by atoms with Gasteiger partial charge in [-0.1, -0.05) is 125 Å². The average molecular weight is 930 g/mol. The molecule has 0 fully saturated rings. The third kappa shape index (κ3) is 11.3. The van der Waals surface area contributed by atoms with Gasteiger partial charge in [-0.15, -0.1) is 0 Å². The molecule has 1 unspecified atom stereocenters. The molecular weight excluding hydrogens is 861 g/mol. The Morgan fingerprint density at radius 1 is 0.765 bits per heavy atom. The van der Waals surface area contributed by atoms with Gasteiger partial charge in [0, 0.05) is 71.8 Å². The van der Waals surface area contributed by atoms with Gasteiger partial charge in [0.05, 0.1) is 19.1 Å². The van der Waals surface area contributed by atoms with Gasteiger partial charge in [-0.3, -0.25) is 0 Å². The number of para-hydroxylation sites is 2. The molecule has 0 radical (unpaired) electrons. The number of carbonyl (C=O) groups is 2. The molecule has 3 aromatic carbocycles. The maximum Gasteiger partial charge on any atom is 0.407 e. The van der Waals surface area contributed by atoms with Crippen LogP contribution in [0.1, 0.15) is 82.1 Å². The minimum Gasteiger partial charge on any atom is -0.448 e. The predicted molar refractivity (Wildman–Crippen MR) is 272 cm³/mol. The zero-order valence-corrected chi connectivity index (χ0v) is 40.2. The van der Waals surface area contributed by atoms with E-state index in [2.05, 4.69) is 110 Å². The molecular formula is C55H69F2N7O4. The minimum absolute atomic E-state index is 0.0167. The summed E-state index contributed by atoms with van der Waals surface area (Å²) in [6, 6.07) is 19.4. The summed E-state index contributed by atoms with van der Waals surface area (Å²) >= 11 is 0. The number of allylic oxidation sites excluding steroid dienone is 7. The summed E-state index contributed by atoms with van der Waals surface area (Å²) in [6.07, 6.45) is 10.4. The van der Waals surface area contributed by atoms with Crippen LogP contribution in [0.15, 0.2) is 133 Å². The van der Waals surface area contributed by atoms with Gasteiger partial charge >= 0.3 is 12.2 Å². The molecule has 1 atom stereocenters. The highest BCUT2D eigenvalue weighted by Gasteiger charge is 2.43. The molecule has 2 aliphatic heterocycles. The molecule has 3 aliphatic rings. The van der Waals surface area contributed by atoms with Crippen LogP contribution in [0.3, 0.4) is 0 Å². The van der Waals surface area contributed by atoms with Gasteiger partial charge in [-0.25, -0.2) is 18.4 Å². The Morgan fingerprint density at radius 2 is 1.37 bits per heavy atom. The average Bonchev–Trinajstić information content (AvgIpc) is 3.68. The number of nitrogens with zero attached hydrogens (tertiary/aromatic N) is 2. The highest BCUT2D eigenvalue weighted by atomic mass is 19.2. The Kier molecular flexibility index (Phi) is 17.0. The molecule has 3 aromatic rings. The summed E-state index contributed by atoms with van der Waals surface area (Å²) in [5, 5.41) is 5.54. The number of hydrogen-bond acceptors (Lipinski definition) is 9. The normalized spacial score (nSPS) is 18.2. The SMILES string of the molecule is C=C(CN)CCNC(=O)OCCN1C(=CC=C2CCCC(C=CC3N(CCOC(=O)NCCC(=C)CN)c4ccccc4C3(C)C)=C2c2ccc(C(=C)CN)c(F)c2F)C(C)(C)c2ccccc21. The monoisotopic (exact) mass is 930 g/mol. The highest BCUT2D eigenvalue weighted by molar-refractivity contribution is 5.86. The lowest BCUT2D eigenvalue weighted by Gasteiger charge is -2.33. The molecule has 11 nitrogen and oxygen atoms in total. The van der Waals surface area contributed by atoms with Crippen LogP contribution in [0.2, 0.25) is 0 Å². The number of nitrogens with two attached hydrogens (primary N) is 3. The number of hydrogen-bond donors (Lipinski definition) is 5. The molecule has 8 N–H and O–H groups in total. The number of halogens is 2. The molecule has 0 bridgehead atoms. The molecule has 0 spiro atoms. The first-order chi connectivity index (χ1) is 32.5. The number of alkyl carbamates (subject to hydrolysis) is 2. The number of fused-ring (bicyclic) bond motifs is 2. The Hall–Kier alpha value is -6.28. The Bertz CT molecular complexity index is 2520. The van der Waals surface area contributed by atoms with Crippen LogP contribution in [0.25, 0.3) is 11.1 Å². The quantitative estimate of drug-likeness (QED) is 0.0696. The van der Waals surface area contributed by atoms with Crippen LogP contribution in [-0.2, 0) is 20.3 Å². The first-order valence-corrected chi connectivity index (χ1v) is 23.5. The van der Waals surface area contributed by atoms with E-state index in [-0.39, 0.29) is 42.3 Å². The van der Waals surface area contributed by atoms with Gasteiger partial charge in [0.15, 0.2) is 11.6 Å². The Labute approximate surface area is 401 Å². The molecule has 0 aromatic heterocycles. The van der Waals surface area contributed by atoms with Crippen molar-refractivity contribution in [3.8, 4) is 0 Å². The lowest BCUT2D eigenvalue weighted by Crippen LogP contribution is -2.42. The Morgan fingerprint density at radius 3 is 2.00 bits per heavy atom. The van der Waals surface area contributed by atoms with Crippen molar-refractivity contribution in [3.05, 3.63) is 167 Å². The molecule has 0 saturated heterocycles. The highest BCUT2D eigenvalue weighted by Crippen LogP contribution is 2.49. The van der Waals surface area contributed by atoms with Crippen molar-refractivity contribution in [2.45, 2.75) is 76.7 Å².